The number of hydrogen-bond donors (Lipinski definition) is 1. The van der Waals surface area contributed by atoms with Crippen LogP contribution in [0.25, 0.3) is 0 Å². The number of carbonyl (C=O) groups is 1. The van der Waals surface area contributed by atoms with Crippen LogP contribution < -0.4 is 9.62 Å². The Morgan fingerprint density at radius 2 is 1.62 bits per heavy atom. The van der Waals surface area contributed by atoms with Crippen molar-refractivity contribution in [3.8, 4) is 0 Å². The van der Waals surface area contributed by atoms with Crippen molar-refractivity contribution in [2.24, 2.45) is 0 Å². The molecule has 0 bridgehead atoms. The van der Waals surface area contributed by atoms with E-state index in [0.717, 1.165) is 22.6 Å². The van der Waals surface area contributed by atoms with Gasteiger partial charge in [-0.3, -0.25) is 9.52 Å². The fourth-order valence-electron chi connectivity index (χ4n) is 2.77. The first kappa shape index (κ1) is 20.9. The third-order valence-electron chi connectivity index (χ3n) is 4.36. The lowest BCUT2D eigenvalue weighted by Gasteiger charge is -2.19. The molecule has 0 aliphatic carbocycles. The minimum Gasteiger partial charge on any atom is -0.378 e. The third kappa shape index (κ3) is 5.16. The molecule has 3 aromatic rings. The Bertz CT molecular complexity index is 1060. The van der Waals surface area contributed by atoms with Crippen molar-refractivity contribution < 1.29 is 13.2 Å². The van der Waals surface area contributed by atoms with Crippen LogP contribution in [0, 0.1) is 0 Å². The number of nitrogens with one attached hydrogen (secondary N) is 1. The van der Waals surface area contributed by atoms with Crippen LogP contribution in [0.4, 0.5) is 11.4 Å². The first-order chi connectivity index (χ1) is 13.8. The van der Waals surface area contributed by atoms with E-state index in [4.69, 9.17) is 0 Å². The van der Waals surface area contributed by atoms with E-state index in [1.807, 2.05) is 43.3 Å². The highest BCUT2D eigenvalue weighted by Gasteiger charge is 2.16. The monoisotopic (exact) mass is 429 g/mol. The molecule has 0 fully saturated rings. The summed E-state index contributed by atoms with van der Waals surface area (Å²) in [4.78, 5) is 16.3. The average molecular weight is 430 g/mol. The molecule has 1 amide bonds. The quantitative estimate of drug-likeness (QED) is 0.619. The predicted molar refractivity (Wildman–Crippen MR) is 118 cm³/mol. The number of thiophene rings is 1. The van der Waals surface area contributed by atoms with Crippen molar-refractivity contribution in [1.29, 1.82) is 0 Å². The SMILES string of the molecule is CN(Cc1ccc(N(C)C)cc1)C(=O)c1ccc(NS(=O)(=O)c2cccs2)cc1. The number of carbonyl (C=O) groups excluding carboxylic acids is 1. The zero-order valence-electron chi connectivity index (χ0n) is 16.5. The standard InChI is InChI=1S/C21H23N3O3S2/c1-23(2)19-12-6-16(7-13-19)15-24(3)21(25)17-8-10-18(11-9-17)22-29(26,27)20-5-4-14-28-20/h4-14,22H,15H2,1-3H3. The van der Waals surface area contributed by atoms with Crippen molar-refractivity contribution in [3.05, 3.63) is 77.2 Å². The number of amides is 1. The summed E-state index contributed by atoms with van der Waals surface area (Å²) in [5, 5.41) is 1.71. The lowest BCUT2D eigenvalue weighted by Crippen LogP contribution is -2.26. The van der Waals surface area contributed by atoms with Gasteiger partial charge in [0.05, 0.1) is 0 Å². The fraction of sp³-hybridized carbons (Fsp3) is 0.190. The summed E-state index contributed by atoms with van der Waals surface area (Å²) in [5.74, 6) is -0.130. The lowest BCUT2D eigenvalue weighted by atomic mass is 10.1. The van der Waals surface area contributed by atoms with Gasteiger partial charge >= 0.3 is 0 Å². The van der Waals surface area contributed by atoms with Gasteiger partial charge in [-0.05, 0) is 53.4 Å². The molecule has 6 nitrogen and oxygen atoms in total. The number of sulfonamides is 1. The van der Waals surface area contributed by atoms with Gasteiger partial charge in [0.15, 0.2) is 0 Å². The lowest BCUT2D eigenvalue weighted by molar-refractivity contribution is 0.0785. The topological polar surface area (TPSA) is 69.7 Å². The van der Waals surface area contributed by atoms with E-state index in [9.17, 15) is 13.2 Å². The number of rotatable bonds is 7. The van der Waals surface area contributed by atoms with E-state index in [1.54, 1.807) is 53.7 Å². The minimum absolute atomic E-state index is 0.130. The van der Waals surface area contributed by atoms with E-state index in [0.29, 0.717) is 17.8 Å². The van der Waals surface area contributed by atoms with Crippen molar-refractivity contribution in [3.63, 3.8) is 0 Å². The molecule has 0 spiro atoms. The van der Waals surface area contributed by atoms with E-state index in [1.165, 1.54) is 0 Å². The summed E-state index contributed by atoms with van der Waals surface area (Å²) < 4.78 is 27.3. The van der Waals surface area contributed by atoms with Crippen LogP contribution in [-0.4, -0.2) is 40.4 Å². The zero-order chi connectivity index (χ0) is 21.0. The van der Waals surface area contributed by atoms with Gasteiger partial charge in [-0.2, -0.15) is 0 Å². The number of nitrogens with zero attached hydrogens (tertiary/aromatic N) is 2. The van der Waals surface area contributed by atoms with E-state index >= 15 is 0 Å². The van der Waals surface area contributed by atoms with Crippen LogP contribution in [-0.2, 0) is 16.6 Å². The molecule has 0 aliphatic rings. The normalized spacial score (nSPS) is 11.1. The van der Waals surface area contributed by atoms with Crippen LogP contribution in [0.1, 0.15) is 15.9 Å². The Kier molecular flexibility index (Phi) is 6.24. The highest BCUT2D eigenvalue weighted by Crippen LogP contribution is 2.21. The molecule has 1 aromatic heterocycles. The number of anilines is 2. The maximum Gasteiger partial charge on any atom is 0.271 e. The molecule has 0 atom stereocenters. The van der Waals surface area contributed by atoms with Crippen LogP contribution in [0.5, 0.6) is 0 Å². The van der Waals surface area contributed by atoms with Crippen molar-refractivity contribution >= 4 is 38.6 Å². The van der Waals surface area contributed by atoms with Gasteiger partial charge in [0.2, 0.25) is 0 Å². The smallest absolute Gasteiger partial charge is 0.271 e. The third-order valence-corrected chi connectivity index (χ3v) is 7.14. The van der Waals surface area contributed by atoms with Crippen molar-refractivity contribution in [2.45, 2.75) is 10.8 Å². The highest BCUT2D eigenvalue weighted by atomic mass is 32.2. The second kappa shape index (κ2) is 8.67. The van der Waals surface area contributed by atoms with Crippen LogP contribution in [0.3, 0.4) is 0 Å². The summed E-state index contributed by atoms with van der Waals surface area (Å²) in [6, 6.07) is 17.7. The molecule has 0 aliphatic heterocycles. The summed E-state index contributed by atoms with van der Waals surface area (Å²) in [6.07, 6.45) is 0. The molecule has 0 saturated carbocycles. The molecule has 8 heteroatoms. The van der Waals surface area contributed by atoms with Gasteiger partial charge in [-0.15, -0.1) is 11.3 Å². The molecule has 1 heterocycles. The Balaban J connectivity index is 1.65. The fourth-order valence-corrected chi connectivity index (χ4v) is 4.82. The molecule has 1 N–H and O–H groups in total. The van der Waals surface area contributed by atoms with Gasteiger partial charge in [0.25, 0.3) is 15.9 Å². The maximum absolute atomic E-state index is 12.7. The van der Waals surface area contributed by atoms with Crippen LogP contribution in [0.15, 0.2) is 70.3 Å². The largest absolute Gasteiger partial charge is 0.378 e. The van der Waals surface area contributed by atoms with Crippen molar-refractivity contribution in [1.82, 2.24) is 4.90 Å². The molecule has 0 unspecified atom stereocenters. The van der Waals surface area contributed by atoms with Gasteiger partial charge in [-0.25, -0.2) is 8.42 Å². The molecular formula is C21H23N3O3S2. The Hall–Kier alpha value is -2.84. The summed E-state index contributed by atoms with van der Waals surface area (Å²) in [5.41, 5.74) is 3.04. The number of benzene rings is 2. The van der Waals surface area contributed by atoms with E-state index in [2.05, 4.69) is 4.72 Å². The molecule has 152 valence electrons. The van der Waals surface area contributed by atoms with Crippen molar-refractivity contribution in [2.75, 3.05) is 30.8 Å². The average Bonchev–Trinajstić information content (AvgIpc) is 3.24. The van der Waals surface area contributed by atoms with E-state index in [-0.39, 0.29) is 10.1 Å². The first-order valence-corrected chi connectivity index (χ1v) is 11.3. The summed E-state index contributed by atoms with van der Waals surface area (Å²) in [7, 11) is 2.11. The Labute approximate surface area is 175 Å². The van der Waals surface area contributed by atoms with Crippen LogP contribution in [0.2, 0.25) is 0 Å². The highest BCUT2D eigenvalue weighted by molar-refractivity contribution is 7.94. The van der Waals surface area contributed by atoms with Gasteiger partial charge in [0, 0.05) is 44.6 Å². The second-order valence-corrected chi connectivity index (χ2v) is 9.69. The van der Waals surface area contributed by atoms with Gasteiger partial charge in [0.1, 0.15) is 4.21 Å². The Morgan fingerprint density at radius 3 is 2.17 bits per heavy atom. The molecule has 0 radical (unpaired) electrons. The summed E-state index contributed by atoms with van der Waals surface area (Å²) >= 11 is 1.15. The van der Waals surface area contributed by atoms with E-state index < -0.39 is 10.0 Å². The minimum atomic E-state index is -3.60. The predicted octanol–water partition coefficient (Wildman–Crippen LogP) is 3.89. The van der Waals surface area contributed by atoms with Crippen LogP contribution >= 0.6 is 11.3 Å². The molecule has 3 rings (SSSR count). The zero-order valence-corrected chi connectivity index (χ0v) is 18.1. The molecule has 0 saturated heterocycles. The summed E-state index contributed by atoms with van der Waals surface area (Å²) in [6.45, 7) is 0.485. The molecular weight excluding hydrogens is 406 g/mol. The number of hydrogen-bond acceptors (Lipinski definition) is 5. The molecule has 29 heavy (non-hydrogen) atoms. The first-order valence-electron chi connectivity index (χ1n) is 8.94. The second-order valence-electron chi connectivity index (χ2n) is 6.84. The van der Waals surface area contributed by atoms with Gasteiger partial charge in [-0.1, -0.05) is 18.2 Å². The Morgan fingerprint density at radius 1 is 0.966 bits per heavy atom. The molecule has 2 aromatic carbocycles. The maximum atomic E-state index is 12.7. The van der Waals surface area contributed by atoms with Gasteiger partial charge < -0.3 is 9.80 Å².